The zero-order valence-electron chi connectivity index (χ0n) is 14.8. The second-order valence-electron chi connectivity index (χ2n) is 6.57. The van der Waals surface area contributed by atoms with Crippen LogP contribution >= 0.6 is 0 Å². The number of para-hydroxylation sites is 1. The summed E-state index contributed by atoms with van der Waals surface area (Å²) in [6.07, 6.45) is 5.21. The normalized spacial score (nSPS) is 15.2. The van der Waals surface area contributed by atoms with Gasteiger partial charge in [0.1, 0.15) is 5.82 Å². The number of hydrogen-bond donors (Lipinski definition) is 0. The molecule has 3 aromatic rings. The van der Waals surface area contributed by atoms with Crippen molar-refractivity contribution in [3.8, 4) is 11.1 Å². The average molecular weight is 347 g/mol. The molecule has 1 fully saturated rings. The number of piperidine rings is 1. The Balaban J connectivity index is 1.65. The molecule has 0 spiro atoms. The van der Waals surface area contributed by atoms with Crippen molar-refractivity contribution in [2.24, 2.45) is 5.92 Å². The summed E-state index contributed by atoms with van der Waals surface area (Å²) in [5.74, 6) is 0.863. The molecule has 26 heavy (non-hydrogen) atoms. The third-order valence-electron chi connectivity index (χ3n) is 5.05. The summed E-state index contributed by atoms with van der Waals surface area (Å²) in [6.45, 7) is 1.63. The van der Waals surface area contributed by atoms with E-state index in [9.17, 15) is 4.79 Å². The molecule has 0 aliphatic carbocycles. The molecule has 5 heteroatoms. The lowest BCUT2D eigenvalue weighted by atomic mass is 9.97. The van der Waals surface area contributed by atoms with E-state index in [4.69, 9.17) is 9.72 Å². The van der Waals surface area contributed by atoms with Crippen molar-refractivity contribution in [1.29, 1.82) is 0 Å². The van der Waals surface area contributed by atoms with Crippen LogP contribution in [0.1, 0.15) is 12.8 Å². The van der Waals surface area contributed by atoms with Gasteiger partial charge in [-0.2, -0.15) is 0 Å². The van der Waals surface area contributed by atoms with Crippen molar-refractivity contribution >= 4 is 22.7 Å². The number of ether oxygens (including phenoxy) is 1. The third kappa shape index (κ3) is 3.12. The van der Waals surface area contributed by atoms with Crippen LogP contribution < -0.4 is 4.90 Å². The van der Waals surface area contributed by atoms with Crippen LogP contribution in [0.2, 0.25) is 0 Å². The summed E-state index contributed by atoms with van der Waals surface area (Å²) in [5.41, 5.74) is 3.21. The fraction of sp³-hybridized carbons (Fsp3) is 0.286. The number of hydrogen-bond acceptors (Lipinski definition) is 5. The van der Waals surface area contributed by atoms with Gasteiger partial charge in [-0.1, -0.05) is 18.2 Å². The minimum Gasteiger partial charge on any atom is -0.469 e. The Morgan fingerprint density at radius 3 is 2.58 bits per heavy atom. The highest BCUT2D eigenvalue weighted by Crippen LogP contribution is 2.30. The van der Waals surface area contributed by atoms with Crippen LogP contribution in [-0.2, 0) is 9.53 Å². The Morgan fingerprint density at radius 1 is 1.08 bits per heavy atom. The number of pyridine rings is 2. The van der Waals surface area contributed by atoms with Crippen LogP contribution in [0.15, 0.2) is 54.9 Å². The molecule has 0 bridgehead atoms. The van der Waals surface area contributed by atoms with Gasteiger partial charge in [0.2, 0.25) is 0 Å². The molecule has 1 aliphatic heterocycles. The molecule has 1 aromatic carbocycles. The van der Waals surface area contributed by atoms with Gasteiger partial charge in [-0.3, -0.25) is 9.78 Å². The fourth-order valence-corrected chi connectivity index (χ4v) is 3.59. The number of anilines is 1. The molecule has 3 heterocycles. The van der Waals surface area contributed by atoms with Crippen LogP contribution in [0.25, 0.3) is 22.0 Å². The lowest BCUT2D eigenvalue weighted by Gasteiger charge is -2.31. The molecule has 1 saturated heterocycles. The number of nitrogens with zero attached hydrogens (tertiary/aromatic N) is 3. The minimum atomic E-state index is -0.101. The van der Waals surface area contributed by atoms with E-state index in [2.05, 4.69) is 40.2 Å². The standard InChI is InChI=1S/C21H21N3O2/c1-26-21(25)17-9-13-24(14-10-17)19-6-5-16-3-2-4-18(20(16)23-19)15-7-11-22-12-8-15/h2-8,11-12,17H,9-10,13-14H2,1H3. The highest BCUT2D eigenvalue weighted by Gasteiger charge is 2.26. The van der Waals surface area contributed by atoms with Crippen LogP contribution in [0.4, 0.5) is 5.82 Å². The summed E-state index contributed by atoms with van der Waals surface area (Å²) >= 11 is 0. The number of carbonyl (C=O) groups excluding carboxylic acids is 1. The Kier molecular flexibility index (Phi) is 4.52. The van der Waals surface area contributed by atoms with Gasteiger partial charge in [0.15, 0.2) is 0 Å². The highest BCUT2D eigenvalue weighted by atomic mass is 16.5. The number of aromatic nitrogens is 2. The highest BCUT2D eigenvalue weighted by molar-refractivity contribution is 5.94. The predicted octanol–water partition coefficient (Wildman–Crippen LogP) is 3.69. The van der Waals surface area contributed by atoms with Crippen molar-refractivity contribution in [2.45, 2.75) is 12.8 Å². The first-order valence-electron chi connectivity index (χ1n) is 8.89. The molecule has 0 radical (unpaired) electrons. The lowest BCUT2D eigenvalue weighted by Crippen LogP contribution is -2.37. The number of carbonyl (C=O) groups is 1. The zero-order chi connectivity index (χ0) is 17.9. The molecule has 0 atom stereocenters. The third-order valence-corrected chi connectivity index (χ3v) is 5.05. The number of rotatable bonds is 3. The molecule has 0 N–H and O–H groups in total. The van der Waals surface area contributed by atoms with Gasteiger partial charge in [-0.15, -0.1) is 0 Å². The monoisotopic (exact) mass is 347 g/mol. The Labute approximate surface area is 152 Å². The van der Waals surface area contributed by atoms with Gasteiger partial charge >= 0.3 is 5.97 Å². The summed E-state index contributed by atoms with van der Waals surface area (Å²) < 4.78 is 4.87. The van der Waals surface area contributed by atoms with Crippen molar-refractivity contribution in [3.63, 3.8) is 0 Å². The van der Waals surface area contributed by atoms with Crippen LogP contribution in [0.3, 0.4) is 0 Å². The largest absolute Gasteiger partial charge is 0.469 e. The molecule has 1 aliphatic rings. The maximum atomic E-state index is 11.7. The summed E-state index contributed by atoms with van der Waals surface area (Å²) in [6, 6.07) is 14.4. The zero-order valence-corrected chi connectivity index (χ0v) is 14.8. The smallest absolute Gasteiger partial charge is 0.308 e. The first-order chi connectivity index (χ1) is 12.8. The van der Waals surface area contributed by atoms with Gasteiger partial charge in [0.05, 0.1) is 18.5 Å². The van der Waals surface area contributed by atoms with Crippen LogP contribution in [0, 0.1) is 5.92 Å². The first kappa shape index (κ1) is 16.5. The number of benzene rings is 1. The Bertz CT molecular complexity index is 919. The molecular formula is C21H21N3O2. The van der Waals surface area contributed by atoms with E-state index in [0.717, 1.165) is 53.8 Å². The predicted molar refractivity (Wildman–Crippen MR) is 102 cm³/mol. The molecule has 0 unspecified atom stereocenters. The molecule has 2 aromatic heterocycles. The summed E-state index contributed by atoms with van der Waals surface area (Å²) in [4.78, 5) is 23.0. The van der Waals surface area contributed by atoms with E-state index < -0.39 is 0 Å². The van der Waals surface area contributed by atoms with E-state index in [1.807, 2.05) is 12.1 Å². The first-order valence-corrected chi connectivity index (χ1v) is 8.89. The molecule has 0 saturated carbocycles. The van der Waals surface area contributed by atoms with Gasteiger partial charge < -0.3 is 9.64 Å². The minimum absolute atomic E-state index is 0.00378. The quantitative estimate of drug-likeness (QED) is 0.677. The Morgan fingerprint density at radius 2 is 1.85 bits per heavy atom. The Hall–Kier alpha value is -2.95. The van der Waals surface area contributed by atoms with Gasteiger partial charge in [0.25, 0.3) is 0 Å². The average Bonchev–Trinajstić information content (AvgIpc) is 2.73. The molecular weight excluding hydrogens is 326 g/mol. The second kappa shape index (κ2) is 7.12. The second-order valence-corrected chi connectivity index (χ2v) is 6.57. The van der Waals surface area contributed by atoms with E-state index >= 15 is 0 Å². The number of methoxy groups -OCH3 is 1. The van der Waals surface area contributed by atoms with Crippen molar-refractivity contribution < 1.29 is 9.53 Å². The lowest BCUT2D eigenvalue weighted by molar-refractivity contribution is -0.146. The van der Waals surface area contributed by atoms with Crippen LogP contribution in [0.5, 0.6) is 0 Å². The van der Waals surface area contributed by atoms with Crippen LogP contribution in [-0.4, -0.2) is 36.1 Å². The van der Waals surface area contributed by atoms with Crippen molar-refractivity contribution in [2.75, 3.05) is 25.1 Å². The van der Waals surface area contributed by atoms with E-state index in [0.29, 0.717) is 0 Å². The summed E-state index contributed by atoms with van der Waals surface area (Å²) in [5, 5.41) is 1.12. The van der Waals surface area contributed by atoms with E-state index in [-0.39, 0.29) is 11.9 Å². The SMILES string of the molecule is COC(=O)C1CCN(c2ccc3cccc(-c4ccncc4)c3n2)CC1. The number of esters is 1. The van der Waals surface area contributed by atoms with Crippen molar-refractivity contribution in [1.82, 2.24) is 9.97 Å². The van der Waals surface area contributed by atoms with Gasteiger partial charge in [-0.25, -0.2) is 4.98 Å². The van der Waals surface area contributed by atoms with E-state index in [1.165, 1.54) is 7.11 Å². The fourth-order valence-electron chi connectivity index (χ4n) is 3.59. The summed E-state index contributed by atoms with van der Waals surface area (Å²) in [7, 11) is 1.46. The molecule has 5 nitrogen and oxygen atoms in total. The molecule has 132 valence electrons. The van der Waals surface area contributed by atoms with E-state index in [1.54, 1.807) is 12.4 Å². The maximum absolute atomic E-state index is 11.7. The topological polar surface area (TPSA) is 55.3 Å². The molecule has 0 amide bonds. The van der Waals surface area contributed by atoms with Gasteiger partial charge in [-0.05, 0) is 42.7 Å². The number of fused-ring (bicyclic) bond motifs is 1. The van der Waals surface area contributed by atoms with Crippen molar-refractivity contribution in [3.05, 3.63) is 54.9 Å². The molecule has 4 rings (SSSR count). The van der Waals surface area contributed by atoms with Gasteiger partial charge in [0, 0.05) is 36.4 Å². The maximum Gasteiger partial charge on any atom is 0.308 e.